The molecule has 0 bridgehead atoms. The van der Waals surface area contributed by atoms with Crippen molar-refractivity contribution in [2.45, 2.75) is 0 Å². The summed E-state index contributed by atoms with van der Waals surface area (Å²) in [6.07, 6.45) is 1.81. The lowest BCUT2D eigenvalue weighted by Gasteiger charge is -2.06. The summed E-state index contributed by atoms with van der Waals surface area (Å²) in [6.45, 7) is 0. The van der Waals surface area contributed by atoms with Gasteiger partial charge in [0.05, 0.1) is 23.3 Å². The summed E-state index contributed by atoms with van der Waals surface area (Å²) in [5.41, 5.74) is 1.66. The van der Waals surface area contributed by atoms with Crippen molar-refractivity contribution in [3.05, 3.63) is 59.2 Å². The number of nitrogens with zero attached hydrogens (tertiary/aromatic N) is 2. The number of para-hydroxylation sites is 1. The Balaban J connectivity index is 2.01. The number of aromatic nitrogens is 2. The number of benzene rings is 2. The van der Waals surface area contributed by atoms with Crippen LogP contribution in [0.3, 0.4) is 0 Å². The summed E-state index contributed by atoms with van der Waals surface area (Å²) in [5.74, 6) is 1.32. The summed E-state index contributed by atoms with van der Waals surface area (Å²) in [6, 6.07) is 15.4. The van der Waals surface area contributed by atoms with Crippen LogP contribution in [0.5, 0.6) is 5.75 Å². The molecule has 0 unspecified atom stereocenters. The molecule has 0 aliphatic rings. The molecule has 4 aromatic rings. The second kappa shape index (κ2) is 4.96. The van der Waals surface area contributed by atoms with Gasteiger partial charge in [0, 0.05) is 22.9 Å². The van der Waals surface area contributed by atoms with Crippen LogP contribution in [-0.4, -0.2) is 16.9 Å². The zero-order valence-electron chi connectivity index (χ0n) is 11.8. The second-order valence-corrected chi connectivity index (χ2v) is 5.37. The van der Waals surface area contributed by atoms with Gasteiger partial charge in [-0.05, 0) is 18.2 Å². The average molecular weight is 308 g/mol. The Hall–Kier alpha value is -2.66. The quantitative estimate of drug-likeness (QED) is 0.511. The van der Waals surface area contributed by atoms with Crippen LogP contribution in [0.25, 0.3) is 27.8 Å². The lowest BCUT2D eigenvalue weighted by molar-refractivity contribution is 0.414. The van der Waals surface area contributed by atoms with Gasteiger partial charge in [-0.2, -0.15) is 5.10 Å². The first-order chi connectivity index (χ1) is 10.8. The molecule has 22 heavy (non-hydrogen) atoms. The monoisotopic (exact) mass is 308 g/mol. The Morgan fingerprint density at radius 1 is 1.14 bits per heavy atom. The molecule has 108 valence electrons. The van der Waals surface area contributed by atoms with Crippen LogP contribution in [0.15, 0.2) is 59.1 Å². The third kappa shape index (κ3) is 1.98. The van der Waals surface area contributed by atoms with E-state index in [1.54, 1.807) is 11.8 Å². The van der Waals surface area contributed by atoms with Gasteiger partial charge in [0.15, 0.2) is 0 Å². The maximum atomic E-state index is 5.99. The number of ether oxygens (including phenoxy) is 1. The van der Waals surface area contributed by atoms with E-state index in [1.165, 1.54) is 0 Å². The first-order valence-corrected chi connectivity index (χ1v) is 7.22. The minimum Gasteiger partial charge on any atom is -0.497 e. The average Bonchev–Trinajstić information content (AvgIpc) is 2.98. The van der Waals surface area contributed by atoms with Crippen molar-refractivity contribution >= 4 is 34.1 Å². The van der Waals surface area contributed by atoms with E-state index in [4.69, 9.17) is 21.4 Å². The molecule has 0 aliphatic heterocycles. The van der Waals surface area contributed by atoms with Crippen LogP contribution >= 0.6 is 12.2 Å². The molecule has 0 saturated carbocycles. The fourth-order valence-electron chi connectivity index (χ4n) is 2.50. The third-order valence-electron chi connectivity index (χ3n) is 3.61. The Kier molecular flexibility index (Phi) is 2.94. The highest BCUT2D eigenvalue weighted by atomic mass is 32.1. The Morgan fingerprint density at radius 3 is 2.86 bits per heavy atom. The van der Waals surface area contributed by atoms with Crippen LogP contribution in [0.2, 0.25) is 0 Å². The molecular weight excluding hydrogens is 296 g/mol. The van der Waals surface area contributed by atoms with Crippen LogP contribution in [0.4, 0.5) is 0 Å². The molecule has 0 amide bonds. The van der Waals surface area contributed by atoms with E-state index in [0.29, 0.717) is 11.5 Å². The summed E-state index contributed by atoms with van der Waals surface area (Å²) in [4.78, 5) is 0. The molecule has 5 heteroatoms. The highest BCUT2D eigenvalue weighted by Gasteiger charge is 2.09. The summed E-state index contributed by atoms with van der Waals surface area (Å²) >= 11 is 5.48. The predicted molar refractivity (Wildman–Crippen MR) is 88.2 cm³/mol. The smallest absolute Gasteiger partial charge is 0.222 e. The van der Waals surface area contributed by atoms with Crippen molar-refractivity contribution in [3.63, 3.8) is 0 Å². The van der Waals surface area contributed by atoms with Gasteiger partial charge in [0.2, 0.25) is 5.88 Å². The highest BCUT2D eigenvalue weighted by molar-refractivity contribution is 7.71. The summed E-state index contributed by atoms with van der Waals surface area (Å²) in [7, 11) is 1.63. The van der Waals surface area contributed by atoms with Gasteiger partial charge in [-0.15, -0.1) is 0 Å². The molecule has 0 atom stereocenters. The molecule has 4 nitrogen and oxygen atoms in total. The lowest BCUT2D eigenvalue weighted by atomic mass is 10.2. The first kappa shape index (κ1) is 13.0. The van der Waals surface area contributed by atoms with Crippen LogP contribution in [-0.2, 0) is 0 Å². The van der Waals surface area contributed by atoms with Crippen molar-refractivity contribution in [2.75, 3.05) is 7.11 Å². The number of methoxy groups -OCH3 is 1. The zero-order chi connectivity index (χ0) is 15.1. The molecule has 0 saturated heterocycles. The number of hydrogen-bond acceptors (Lipinski definition) is 4. The van der Waals surface area contributed by atoms with Gasteiger partial charge >= 0.3 is 0 Å². The van der Waals surface area contributed by atoms with Gasteiger partial charge < -0.3 is 9.15 Å². The van der Waals surface area contributed by atoms with Gasteiger partial charge in [-0.3, -0.25) is 0 Å². The first-order valence-electron chi connectivity index (χ1n) is 6.81. The van der Waals surface area contributed by atoms with E-state index in [-0.39, 0.29) is 0 Å². The zero-order valence-corrected chi connectivity index (χ0v) is 12.6. The van der Waals surface area contributed by atoms with E-state index in [2.05, 4.69) is 5.10 Å². The minimum absolute atomic E-state index is 0.590. The molecule has 2 heterocycles. The van der Waals surface area contributed by atoms with Gasteiger partial charge in [0.25, 0.3) is 0 Å². The fourth-order valence-corrected chi connectivity index (χ4v) is 2.77. The van der Waals surface area contributed by atoms with E-state index >= 15 is 0 Å². The topological polar surface area (TPSA) is 40.2 Å². The van der Waals surface area contributed by atoms with E-state index in [9.17, 15) is 0 Å². The molecule has 4 rings (SSSR count). The lowest BCUT2D eigenvalue weighted by Crippen LogP contribution is -1.96. The molecule has 0 fully saturated rings. The standard InChI is InChI=1S/C17H12N2O2S/c1-20-12-6-7-13-15(8-12)21-17(9-16(13)22)19-14-5-3-2-4-11(14)10-18-19/h2-10H,1H3. The van der Waals surface area contributed by atoms with Gasteiger partial charge in [-0.1, -0.05) is 30.4 Å². The summed E-state index contributed by atoms with van der Waals surface area (Å²) < 4.78 is 13.7. The van der Waals surface area contributed by atoms with Crippen LogP contribution in [0, 0.1) is 4.51 Å². The number of rotatable bonds is 2. The molecule has 2 aromatic heterocycles. The molecule has 0 radical (unpaired) electrons. The van der Waals surface area contributed by atoms with Gasteiger partial charge in [0.1, 0.15) is 11.3 Å². The largest absolute Gasteiger partial charge is 0.497 e. The van der Waals surface area contributed by atoms with Gasteiger partial charge in [-0.25, -0.2) is 4.68 Å². The second-order valence-electron chi connectivity index (χ2n) is 4.93. The highest BCUT2D eigenvalue weighted by Crippen LogP contribution is 2.26. The van der Waals surface area contributed by atoms with E-state index in [1.807, 2.05) is 54.7 Å². The van der Waals surface area contributed by atoms with E-state index < -0.39 is 0 Å². The Labute approximate surface area is 131 Å². The summed E-state index contributed by atoms with van der Waals surface area (Å²) in [5, 5.41) is 6.34. The van der Waals surface area contributed by atoms with Crippen molar-refractivity contribution < 1.29 is 9.15 Å². The van der Waals surface area contributed by atoms with Crippen LogP contribution in [0.1, 0.15) is 0 Å². The Bertz CT molecular complexity index is 1050. The normalized spacial score (nSPS) is 11.1. The van der Waals surface area contributed by atoms with Crippen molar-refractivity contribution in [3.8, 4) is 11.6 Å². The molecule has 0 spiro atoms. The minimum atomic E-state index is 0.590. The molecular formula is C17H12N2O2S. The third-order valence-corrected chi connectivity index (χ3v) is 3.95. The van der Waals surface area contributed by atoms with Crippen LogP contribution < -0.4 is 4.74 Å². The molecule has 2 aromatic carbocycles. The van der Waals surface area contributed by atoms with Crippen molar-refractivity contribution in [1.29, 1.82) is 0 Å². The predicted octanol–water partition coefficient (Wildman–Crippen LogP) is 4.51. The van der Waals surface area contributed by atoms with Crippen molar-refractivity contribution in [2.24, 2.45) is 0 Å². The molecule has 0 N–H and O–H groups in total. The van der Waals surface area contributed by atoms with E-state index in [0.717, 1.165) is 26.5 Å². The SMILES string of the molecule is COc1ccc2c(=S)cc(-n3ncc4ccccc43)oc2c1. The number of hydrogen-bond donors (Lipinski definition) is 0. The Morgan fingerprint density at radius 2 is 2.00 bits per heavy atom. The maximum absolute atomic E-state index is 5.99. The van der Waals surface area contributed by atoms with Crippen molar-refractivity contribution in [1.82, 2.24) is 9.78 Å². The molecule has 0 aliphatic carbocycles. The fraction of sp³-hybridized carbons (Fsp3) is 0.0588. The maximum Gasteiger partial charge on any atom is 0.222 e. The number of fused-ring (bicyclic) bond motifs is 2.